The third-order valence-electron chi connectivity index (χ3n) is 2.04. The molecule has 0 radical (unpaired) electrons. The largest absolute Gasteiger partial charge is 0.479 e. The first-order valence-electron chi connectivity index (χ1n) is 4.69. The van der Waals surface area contributed by atoms with E-state index >= 15 is 0 Å². The van der Waals surface area contributed by atoms with Crippen molar-refractivity contribution in [3.63, 3.8) is 0 Å². The Hall–Kier alpha value is -1.42. The molecule has 82 valence electrons. The van der Waals surface area contributed by atoms with Gasteiger partial charge in [0, 0.05) is 13.1 Å². The molecule has 0 spiro atoms. The summed E-state index contributed by atoms with van der Waals surface area (Å²) >= 11 is 0. The number of rotatable bonds is 5. The van der Waals surface area contributed by atoms with Gasteiger partial charge in [-0.1, -0.05) is 30.3 Å². The fraction of sp³-hybridized carbons (Fsp3) is 0.364. The predicted octanol–water partition coefficient (Wildman–Crippen LogP) is 1.54. The van der Waals surface area contributed by atoms with Crippen LogP contribution in [-0.2, 0) is 11.3 Å². The molecular weight excluding hydrogens is 197 g/mol. The van der Waals surface area contributed by atoms with Crippen LogP contribution in [0.5, 0.6) is 0 Å². The van der Waals surface area contributed by atoms with E-state index < -0.39 is 12.1 Å². The Morgan fingerprint density at radius 1 is 1.47 bits per heavy atom. The minimum Gasteiger partial charge on any atom is -0.479 e. The van der Waals surface area contributed by atoms with Crippen LogP contribution in [0.3, 0.4) is 0 Å². The molecule has 0 unspecified atom stereocenters. The summed E-state index contributed by atoms with van der Waals surface area (Å²) < 4.78 is 12.8. The molecule has 0 aliphatic rings. The fourth-order valence-corrected chi connectivity index (χ4v) is 1.31. The van der Waals surface area contributed by atoms with Crippen LogP contribution in [0, 0.1) is 0 Å². The SMILES string of the molecule is CN(Cc1ccccc1)C[C@@H](F)C(=O)O. The maximum Gasteiger partial charge on any atom is 0.339 e. The first-order valence-corrected chi connectivity index (χ1v) is 4.69. The average molecular weight is 211 g/mol. The van der Waals surface area contributed by atoms with Gasteiger partial charge in [0.05, 0.1) is 0 Å². The normalized spacial score (nSPS) is 12.7. The first-order chi connectivity index (χ1) is 7.09. The molecule has 0 amide bonds. The van der Waals surface area contributed by atoms with Crippen molar-refractivity contribution in [3.05, 3.63) is 35.9 Å². The van der Waals surface area contributed by atoms with E-state index in [0.29, 0.717) is 6.54 Å². The number of aliphatic carboxylic acids is 1. The lowest BCUT2D eigenvalue weighted by molar-refractivity contribution is -0.143. The van der Waals surface area contributed by atoms with Crippen molar-refractivity contribution in [1.29, 1.82) is 0 Å². The second-order valence-electron chi connectivity index (χ2n) is 3.49. The van der Waals surface area contributed by atoms with Crippen LogP contribution in [0.15, 0.2) is 30.3 Å². The molecule has 3 nitrogen and oxygen atoms in total. The minimum atomic E-state index is -1.82. The summed E-state index contributed by atoms with van der Waals surface area (Å²) in [5.41, 5.74) is 1.04. The third kappa shape index (κ3) is 4.08. The number of nitrogens with zero attached hydrogens (tertiary/aromatic N) is 1. The number of carboxylic acid groups (broad SMARTS) is 1. The molecule has 0 aromatic heterocycles. The van der Waals surface area contributed by atoms with E-state index in [1.807, 2.05) is 30.3 Å². The van der Waals surface area contributed by atoms with Crippen molar-refractivity contribution in [3.8, 4) is 0 Å². The number of carbonyl (C=O) groups is 1. The zero-order valence-corrected chi connectivity index (χ0v) is 8.56. The number of hydrogen-bond donors (Lipinski definition) is 1. The molecule has 0 bridgehead atoms. The molecule has 0 saturated heterocycles. The number of benzene rings is 1. The minimum absolute atomic E-state index is 0.0930. The second-order valence-corrected chi connectivity index (χ2v) is 3.49. The van der Waals surface area contributed by atoms with Gasteiger partial charge in [-0.2, -0.15) is 0 Å². The quantitative estimate of drug-likeness (QED) is 0.803. The molecule has 0 aliphatic heterocycles. The third-order valence-corrected chi connectivity index (χ3v) is 2.04. The summed E-state index contributed by atoms with van der Waals surface area (Å²) in [4.78, 5) is 11.9. The molecule has 1 rings (SSSR count). The second kappa shape index (κ2) is 5.46. The lowest BCUT2D eigenvalue weighted by Crippen LogP contribution is -2.31. The van der Waals surface area contributed by atoms with Gasteiger partial charge in [-0.15, -0.1) is 0 Å². The summed E-state index contributed by atoms with van der Waals surface area (Å²) in [6.45, 7) is 0.457. The van der Waals surface area contributed by atoms with E-state index in [1.165, 1.54) is 0 Å². The van der Waals surface area contributed by atoms with Gasteiger partial charge >= 0.3 is 5.97 Å². The smallest absolute Gasteiger partial charge is 0.339 e. The molecule has 4 heteroatoms. The summed E-state index contributed by atoms with van der Waals surface area (Å²) in [5, 5.41) is 8.40. The average Bonchev–Trinajstić information content (AvgIpc) is 2.18. The van der Waals surface area contributed by atoms with Crippen LogP contribution in [0.2, 0.25) is 0 Å². The Balaban J connectivity index is 2.43. The predicted molar refractivity (Wildman–Crippen MR) is 55.3 cm³/mol. The highest BCUT2D eigenvalue weighted by atomic mass is 19.1. The van der Waals surface area contributed by atoms with Gasteiger partial charge in [-0.3, -0.25) is 4.90 Å². The maximum atomic E-state index is 12.8. The highest BCUT2D eigenvalue weighted by Gasteiger charge is 2.17. The van der Waals surface area contributed by atoms with Crippen LogP contribution in [0.4, 0.5) is 4.39 Å². The Morgan fingerprint density at radius 2 is 2.07 bits per heavy atom. The monoisotopic (exact) mass is 211 g/mol. The van der Waals surface area contributed by atoms with E-state index in [9.17, 15) is 9.18 Å². The van der Waals surface area contributed by atoms with E-state index in [2.05, 4.69) is 0 Å². The van der Waals surface area contributed by atoms with E-state index in [0.717, 1.165) is 5.56 Å². The fourth-order valence-electron chi connectivity index (χ4n) is 1.31. The molecule has 1 atom stereocenters. The summed E-state index contributed by atoms with van der Waals surface area (Å²) in [5.74, 6) is -1.41. The van der Waals surface area contributed by atoms with Crippen molar-refractivity contribution < 1.29 is 14.3 Å². The molecule has 0 aliphatic carbocycles. The van der Waals surface area contributed by atoms with Gasteiger partial charge in [0.15, 0.2) is 0 Å². The molecule has 1 N–H and O–H groups in total. The highest BCUT2D eigenvalue weighted by Crippen LogP contribution is 2.04. The van der Waals surface area contributed by atoms with E-state index in [1.54, 1.807) is 11.9 Å². The highest BCUT2D eigenvalue weighted by molar-refractivity contribution is 5.72. The summed E-state index contributed by atoms with van der Waals surface area (Å²) in [7, 11) is 1.70. The lowest BCUT2D eigenvalue weighted by atomic mass is 10.2. The Morgan fingerprint density at radius 3 is 2.60 bits per heavy atom. The Kier molecular flexibility index (Phi) is 4.24. The molecule has 0 heterocycles. The number of alkyl halides is 1. The summed E-state index contributed by atoms with van der Waals surface area (Å²) in [6.07, 6.45) is -1.82. The number of carboxylic acids is 1. The number of halogens is 1. The van der Waals surface area contributed by atoms with Gasteiger partial charge < -0.3 is 5.11 Å². The Labute approximate surface area is 88.1 Å². The maximum absolute atomic E-state index is 12.8. The first kappa shape index (κ1) is 11.7. The number of hydrogen-bond acceptors (Lipinski definition) is 2. The molecule has 15 heavy (non-hydrogen) atoms. The van der Waals surface area contributed by atoms with Gasteiger partial charge in [0.1, 0.15) is 0 Å². The van der Waals surface area contributed by atoms with Crippen molar-refractivity contribution in [1.82, 2.24) is 4.90 Å². The van der Waals surface area contributed by atoms with Crippen LogP contribution >= 0.6 is 0 Å². The van der Waals surface area contributed by atoms with Crippen molar-refractivity contribution in [2.75, 3.05) is 13.6 Å². The molecule has 1 aromatic carbocycles. The van der Waals surface area contributed by atoms with Crippen molar-refractivity contribution in [2.45, 2.75) is 12.7 Å². The van der Waals surface area contributed by atoms with Crippen LogP contribution < -0.4 is 0 Å². The molecular formula is C11H14FNO2. The topological polar surface area (TPSA) is 40.5 Å². The zero-order chi connectivity index (χ0) is 11.3. The van der Waals surface area contributed by atoms with E-state index in [4.69, 9.17) is 5.11 Å². The zero-order valence-electron chi connectivity index (χ0n) is 8.56. The van der Waals surface area contributed by atoms with Crippen LogP contribution in [0.1, 0.15) is 5.56 Å². The molecule has 0 fully saturated rings. The molecule has 0 saturated carbocycles. The van der Waals surface area contributed by atoms with Gasteiger partial charge in [0.25, 0.3) is 0 Å². The van der Waals surface area contributed by atoms with Crippen molar-refractivity contribution >= 4 is 5.97 Å². The van der Waals surface area contributed by atoms with Crippen molar-refractivity contribution in [2.24, 2.45) is 0 Å². The van der Waals surface area contributed by atoms with Gasteiger partial charge in [-0.05, 0) is 12.6 Å². The Bertz CT molecular complexity index is 316. The lowest BCUT2D eigenvalue weighted by Gasteiger charge is -2.17. The van der Waals surface area contributed by atoms with Gasteiger partial charge in [0.2, 0.25) is 6.17 Å². The molecule has 1 aromatic rings. The van der Waals surface area contributed by atoms with Crippen LogP contribution in [0.25, 0.3) is 0 Å². The van der Waals surface area contributed by atoms with Gasteiger partial charge in [-0.25, -0.2) is 9.18 Å². The van der Waals surface area contributed by atoms with Crippen LogP contribution in [-0.4, -0.2) is 35.7 Å². The summed E-state index contributed by atoms with van der Waals surface area (Å²) in [6, 6.07) is 9.54. The standard InChI is InChI=1S/C11H14FNO2/c1-13(8-10(12)11(14)15)7-9-5-3-2-4-6-9/h2-6,10H,7-8H2,1H3,(H,14,15)/t10-/m1/s1. The van der Waals surface area contributed by atoms with E-state index in [-0.39, 0.29) is 6.54 Å².